The van der Waals surface area contributed by atoms with E-state index in [1.54, 1.807) is 41.5 Å². The van der Waals surface area contributed by atoms with Crippen molar-refractivity contribution in [2.75, 3.05) is 43.3 Å². The molecule has 0 amide bonds. The summed E-state index contributed by atoms with van der Waals surface area (Å²) in [6, 6.07) is 0. The van der Waals surface area contributed by atoms with Gasteiger partial charge in [-0.05, 0) is 64.5 Å². The monoisotopic (exact) mass is 951 g/mol. The number of ether oxygens (including phenoxy) is 5. The van der Waals surface area contributed by atoms with Crippen LogP contribution in [0.3, 0.4) is 0 Å². The van der Waals surface area contributed by atoms with Gasteiger partial charge in [0.05, 0.1) is 30.5 Å². The molecule has 0 radical (unpaired) electrons. The zero-order chi connectivity index (χ0) is 44.2. The van der Waals surface area contributed by atoms with Crippen LogP contribution in [0.5, 0.6) is 0 Å². The number of alkyl halides is 1. The zero-order valence-electron chi connectivity index (χ0n) is 33.7. The van der Waals surface area contributed by atoms with Crippen LogP contribution in [0.25, 0.3) is 22.2 Å². The van der Waals surface area contributed by atoms with Gasteiger partial charge in [-0.1, -0.05) is 11.4 Å². The van der Waals surface area contributed by atoms with Crippen molar-refractivity contribution in [1.29, 1.82) is 0 Å². The van der Waals surface area contributed by atoms with E-state index >= 15 is 13.5 Å². The minimum Gasteiger partial charge on any atom is -0.459 e. The third-order valence-electron chi connectivity index (χ3n) is 9.15. The molecule has 3 fully saturated rings. The molecule has 10 atom stereocenters. The molecule has 61 heavy (non-hydrogen) atoms. The number of rotatable bonds is 9. The summed E-state index contributed by atoms with van der Waals surface area (Å²) in [4.78, 5) is 58.1. The number of hydrogen-bond donors (Lipinski definition) is 3. The maximum atomic E-state index is 17.4. The number of nitrogens with zero attached hydrogens (tertiary/aromatic N) is 6. The lowest BCUT2D eigenvalue weighted by Gasteiger charge is -2.32. The van der Waals surface area contributed by atoms with Crippen LogP contribution in [0.15, 0.2) is 17.4 Å². The standard InChI is InChI=1S/C33H44FN9O13P2S3/c1-32(2,3)54-16(44)10-59-57(47)25-15(53-30(18(25)34)43-13-39-21-27(35)37-12-38-28(21)43)9-51-58(48,60-11-17(45)55-33(4,5)6)56-23-22(49-7)14(8-50-57)52-24(23)26-19-20(42-61-26)29(46)41-31(36)40-19/h12-15,18,22-25,30H,8-11H2,1-7H3,(H2,35,37,38)(H3,36,40,41,46)/t14-,15-,18-,22-,23-,24-,25-,30+,57+,58+/m1/s1. The summed E-state index contributed by atoms with van der Waals surface area (Å²) in [7, 11) is 1.31. The highest BCUT2D eigenvalue weighted by molar-refractivity contribution is 8.57. The van der Waals surface area contributed by atoms with Gasteiger partial charge in [0.25, 0.3) is 12.1 Å². The fourth-order valence-electron chi connectivity index (χ4n) is 6.85. The molecule has 3 aliphatic heterocycles. The number of nitrogen functional groups attached to an aromatic ring is 2. The first-order valence-corrected chi connectivity index (χ1v) is 25.7. The molecule has 22 nitrogen and oxygen atoms in total. The van der Waals surface area contributed by atoms with Crippen molar-refractivity contribution in [1.82, 2.24) is 33.9 Å². The Hall–Kier alpha value is -3.29. The summed E-state index contributed by atoms with van der Waals surface area (Å²) in [6.07, 6.45) is -7.91. The highest BCUT2D eigenvalue weighted by atomic mass is 32.7. The van der Waals surface area contributed by atoms with Crippen LogP contribution in [-0.4, -0.2) is 125 Å². The molecule has 7 heterocycles. The van der Waals surface area contributed by atoms with Gasteiger partial charge in [0.15, 0.2) is 29.4 Å². The van der Waals surface area contributed by atoms with Crippen molar-refractivity contribution >= 4 is 93.6 Å². The first kappa shape index (κ1) is 45.7. The number of halogens is 1. The van der Waals surface area contributed by atoms with Gasteiger partial charge >= 0.3 is 18.7 Å². The number of hydrogen-bond acceptors (Lipinski definition) is 23. The molecule has 0 aromatic carbocycles. The number of imidazole rings is 1. The molecule has 4 aromatic rings. The minimum atomic E-state index is -4.63. The first-order valence-electron chi connectivity index (χ1n) is 18.5. The van der Waals surface area contributed by atoms with Crippen molar-refractivity contribution in [3.05, 3.63) is 27.9 Å². The van der Waals surface area contributed by atoms with Gasteiger partial charge < -0.3 is 39.7 Å². The molecular weight excluding hydrogens is 908 g/mol. The van der Waals surface area contributed by atoms with Crippen LogP contribution in [-0.2, 0) is 56.0 Å². The van der Waals surface area contributed by atoms with Crippen LogP contribution < -0.4 is 17.0 Å². The smallest absolute Gasteiger partial charge is 0.390 e. The van der Waals surface area contributed by atoms with Gasteiger partial charge in [0.1, 0.15) is 70.1 Å². The van der Waals surface area contributed by atoms with E-state index in [0.717, 1.165) is 17.9 Å². The molecule has 5 N–H and O–H groups in total. The fraction of sp³-hybridized carbons (Fsp3) is 0.636. The average Bonchev–Trinajstić information content (AvgIpc) is 3.93. The Morgan fingerprint density at radius 1 is 0.967 bits per heavy atom. The van der Waals surface area contributed by atoms with Gasteiger partial charge in [-0.25, -0.2) is 28.9 Å². The number of carbonyl (C=O) groups excluding carboxylic acids is 2. The van der Waals surface area contributed by atoms with Gasteiger partial charge in [-0.3, -0.25) is 37.5 Å². The van der Waals surface area contributed by atoms with E-state index in [1.807, 2.05) is 0 Å². The molecule has 0 saturated carbocycles. The van der Waals surface area contributed by atoms with Crippen LogP contribution in [0, 0.1) is 0 Å². The first-order chi connectivity index (χ1) is 28.6. The highest BCUT2D eigenvalue weighted by Gasteiger charge is 2.59. The second-order valence-electron chi connectivity index (χ2n) is 15.9. The van der Waals surface area contributed by atoms with Crippen molar-refractivity contribution in [2.45, 2.75) is 101 Å². The van der Waals surface area contributed by atoms with E-state index in [1.165, 1.54) is 18.0 Å². The molecule has 0 aliphatic carbocycles. The van der Waals surface area contributed by atoms with E-state index in [2.05, 4.69) is 29.3 Å². The predicted molar refractivity (Wildman–Crippen MR) is 222 cm³/mol. The molecule has 0 unspecified atom stereocenters. The van der Waals surface area contributed by atoms with Crippen LogP contribution >= 0.6 is 47.7 Å². The highest BCUT2D eigenvalue weighted by Crippen LogP contribution is 2.70. The van der Waals surface area contributed by atoms with E-state index < -0.39 is 115 Å². The average molecular weight is 952 g/mol. The predicted octanol–water partition coefficient (Wildman–Crippen LogP) is 4.33. The Kier molecular flexibility index (Phi) is 13.0. The summed E-state index contributed by atoms with van der Waals surface area (Å²) >= 11 is 1.82. The Morgan fingerprint density at radius 3 is 2.31 bits per heavy atom. The lowest BCUT2D eigenvalue weighted by molar-refractivity contribution is -0.152. The van der Waals surface area contributed by atoms with E-state index in [4.69, 9.17) is 48.7 Å². The van der Waals surface area contributed by atoms with Crippen LogP contribution in [0.4, 0.5) is 16.2 Å². The van der Waals surface area contributed by atoms with Gasteiger partial charge in [0, 0.05) is 7.11 Å². The number of aromatic amines is 1. The van der Waals surface area contributed by atoms with Crippen molar-refractivity contribution in [3.63, 3.8) is 0 Å². The Labute approximate surface area is 359 Å². The maximum Gasteiger partial charge on any atom is 0.390 e. The Morgan fingerprint density at radius 2 is 1.64 bits per heavy atom. The second kappa shape index (κ2) is 17.4. The molecule has 28 heteroatoms. The van der Waals surface area contributed by atoms with E-state index in [-0.39, 0.29) is 38.8 Å². The molecule has 2 bridgehead atoms. The SMILES string of the molecule is CO[C@H]1[C@H]2O[P@@](=O)(SCC(=O)OC(C)(C)C)OC[C@H]3O[C@H](n4cnc5c(N)ncnc54)[C@H](F)[C@@H]3[P@@](=O)(SCC(=O)OC(C)(C)C)OC[C@H]1O[C@H]2c1snc2c(=O)[nH]c(N)nc12. The zero-order valence-corrected chi connectivity index (χ0v) is 38.0. The molecule has 3 aliphatic rings. The fourth-order valence-corrected chi connectivity index (χ4v) is 15.5. The third kappa shape index (κ3) is 9.78. The van der Waals surface area contributed by atoms with Crippen molar-refractivity contribution < 1.29 is 60.4 Å². The largest absolute Gasteiger partial charge is 0.459 e. The summed E-state index contributed by atoms with van der Waals surface area (Å²) in [5, 5.41) is 0. The summed E-state index contributed by atoms with van der Waals surface area (Å²) in [5.41, 5.74) is 7.93. The number of nitrogens with two attached hydrogens (primary N) is 2. The van der Waals surface area contributed by atoms with Crippen LogP contribution in [0.2, 0.25) is 0 Å². The number of carbonyl (C=O) groups is 2. The number of nitrogens with one attached hydrogen (secondary N) is 1. The van der Waals surface area contributed by atoms with Crippen molar-refractivity contribution in [2.24, 2.45) is 0 Å². The Bertz CT molecular complexity index is 2460. The Balaban J connectivity index is 1.32. The van der Waals surface area contributed by atoms with Gasteiger partial charge in [0.2, 0.25) is 5.95 Å². The quantitative estimate of drug-likeness (QED) is 0.155. The normalized spacial score (nSPS) is 31.1. The van der Waals surface area contributed by atoms with E-state index in [9.17, 15) is 14.4 Å². The molecule has 4 aromatic heterocycles. The molecule has 3 saturated heterocycles. The molecule has 7 rings (SSSR count). The topological polar surface area (TPSA) is 296 Å². The molecule has 334 valence electrons. The van der Waals surface area contributed by atoms with Crippen molar-refractivity contribution in [3.8, 4) is 0 Å². The number of aromatic nitrogens is 7. The minimum absolute atomic E-state index is 0.00688. The second-order valence-corrected chi connectivity index (χ2v) is 25.6. The number of anilines is 2. The number of H-pyrrole nitrogens is 1. The lowest BCUT2D eigenvalue weighted by Crippen LogP contribution is -2.38. The maximum absolute atomic E-state index is 17.4. The summed E-state index contributed by atoms with van der Waals surface area (Å²) < 4.78 is 102. The van der Waals surface area contributed by atoms with Crippen LogP contribution in [0.1, 0.15) is 58.8 Å². The molecule has 0 spiro atoms. The molecular formula is C33H44FN9O13P2S3. The number of esters is 2. The van der Waals surface area contributed by atoms with Gasteiger partial charge in [-0.2, -0.15) is 4.37 Å². The summed E-state index contributed by atoms with van der Waals surface area (Å²) in [6.45, 7) is -0.561. The third-order valence-corrected chi connectivity index (χ3v) is 18.7. The number of fused-ring (bicyclic) bond motifs is 5. The number of methoxy groups -OCH3 is 1. The lowest BCUT2D eigenvalue weighted by atomic mass is 10.1. The van der Waals surface area contributed by atoms with Gasteiger partial charge in [-0.15, -0.1) is 0 Å². The summed E-state index contributed by atoms with van der Waals surface area (Å²) in [5.74, 6) is -2.83. The van der Waals surface area contributed by atoms with E-state index in [0.29, 0.717) is 22.8 Å².